The molecule has 110 valence electrons. The van der Waals surface area contributed by atoms with E-state index in [1.807, 2.05) is 0 Å². The number of carbonyl (C=O) groups is 1. The highest BCUT2D eigenvalue weighted by Crippen LogP contribution is 2.27. The Labute approximate surface area is 119 Å². The first kappa shape index (κ1) is 15.0. The van der Waals surface area contributed by atoms with Crippen LogP contribution in [0.1, 0.15) is 50.5 Å². The van der Waals surface area contributed by atoms with Crippen LogP contribution in [-0.2, 0) is 11.3 Å². The maximum Gasteiger partial charge on any atom is 0.224 e. The van der Waals surface area contributed by atoms with Crippen LogP contribution in [0.25, 0.3) is 0 Å². The zero-order valence-corrected chi connectivity index (χ0v) is 11.8. The van der Waals surface area contributed by atoms with Crippen LogP contribution in [0.4, 0.5) is 10.1 Å². The normalized spacial score (nSPS) is 16.1. The van der Waals surface area contributed by atoms with Gasteiger partial charge in [0, 0.05) is 13.0 Å². The predicted octanol–water partition coefficient (Wildman–Crippen LogP) is 3.58. The van der Waals surface area contributed by atoms with E-state index in [9.17, 15) is 9.18 Å². The van der Waals surface area contributed by atoms with Crippen LogP contribution in [0.15, 0.2) is 18.2 Å². The Hall–Kier alpha value is -1.42. The summed E-state index contributed by atoms with van der Waals surface area (Å²) in [5.41, 5.74) is 6.42. The van der Waals surface area contributed by atoms with Gasteiger partial charge in [-0.05, 0) is 30.0 Å². The number of hydrogen-bond acceptors (Lipinski definition) is 2. The van der Waals surface area contributed by atoms with Crippen molar-refractivity contribution >= 4 is 11.6 Å². The van der Waals surface area contributed by atoms with Gasteiger partial charge in [0.05, 0.1) is 5.69 Å². The SMILES string of the molecule is NCc1ccc(NC(=O)CCC2CCCCC2)c(F)c1. The fourth-order valence-corrected chi connectivity index (χ4v) is 2.81. The van der Waals surface area contributed by atoms with Crippen LogP contribution < -0.4 is 11.1 Å². The second kappa shape index (κ2) is 7.39. The number of hydrogen-bond donors (Lipinski definition) is 2. The smallest absolute Gasteiger partial charge is 0.224 e. The molecule has 0 atom stereocenters. The van der Waals surface area contributed by atoms with E-state index < -0.39 is 5.82 Å². The van der Waals surface area contributed by atoms with Crippen molar-refractivity contribution in [1.82, 2.24) is 0 Å². The molecule has 20 heavy (non-hydrogen) atoms. The molecule has 0 unspecified atom stereocenters. The van der Waals surface area contributed by atoms with Gasteiger partial charge in [-0.1, -0.05) is 38.2 Å². The third-order valence-electron chi connectivity index (χ3n) is 4.05. The molecule has 4 heteroatoms. The first-order valence-electron chi connectivity index (χ1n) is 7.47. The standard InChI is InChI=1S/C16H23FN2O/c17-14-10-13(11-18)6-8-15(14)19-16(20)9-7-12-4-2-1-3-5-12/h6,8,10,12H,1-5,7,9,11,18H2,(H,19,20). The molecule has 1 aliphatic rings. The third-order valence-corrected chi connectivity index (χ3v) is 4.05. The summed E-state index contributed by atoms with van der Waals surface area (Å²) in [4.78, 5) is 11.9. The van der Waals surface area contributed by atoms with Crippen molar-refractivity contribution in [2.75, 3.05) is 5.32 Å². The molecule has 0 heterocycles. The molecule has 1 aromatic rings. The maximum absolute atomic E-state index is 13.7. The Morgan fingerprint density at radius 2 is 2.05 bits per heavy atom. The number of halogens is 1. The molecular weight excluding hydrogens is 255 g/mol. The minimum atomic E-state index is -0.418. The second-order valence-corrected chi connectivity index (χ2v) is 5.61. The monoisotopic (exact) mass is 278 g/mol. The molecule has 0 aliphatic heterocycles. The quantitative estimate of drug-likeness (QED) is 0.865. The van der Waals surface area contributed by atoms with Crippen molar-refractivity contribution in [3.05, 3.63) is 29.6 Å². The molecule has 0 saturated heterocycles. The van der Waals surface area contributed by atoms with Gasteiger partial charge in [-0.15, -0.1) is 0 Å². The predicted molar refractivity (Wildman–Crippen MR) is 78.7 cm³/mol. The molecule has 3 N–H and O–H groups in total. The van der Waals surface area contributed by atoms with E-state index in [1.165, 1.54) is 38.2 Å². The summed E-state index contributed by atoms with van der Waals surface area (Å²) in [5.74, 6) is 0.146. The van der Waals surface area contributed by atoms with Crippen LogP contribution in [0.2, 0.25) is 0 Å². The Kier molecular flexibility index (Phi) is 5.53. The Morgan fingerprint density at radius 3 is 2.70 bits per heavy atom. The van der Waals surface area contributed by atoms with Gasteiger partial charge >= 0.3 is 0 Å². The van der Waals surface area contributed by atoms with E-state index in [2.05, 4.69) is 5.32 Å². The Morgan fingerprint density at radius 1 is 1.30 bits per heavy atom. The van der Waals surface area contributed by atoms with E-state index in [0.717, 1.165) is 12.0 Å². The van der Waals surface area contributed by atoms with Crippen LogP contribution in [-0.4, -0.2) is 5.91 Å². The van der Waals surface area contributed by atoms with E-state index in [1.54, 1.807) is 12.1 Å². The van der Waals surface area contributed by atoms with Gasteiger partial charge in [0.25, 0.3) is 0 Å². The van der Waals surface area contributed by atoms with Crippen LogP contribution >= 0.6 is 0 Å². The second-order valence-electron chi connectivity index (χ2n) is 5.61. The van der Waals surface area contributed by atoms with E-state index in [0.29, 0.717) is 18.9 Å². The fourth-order valence-electron chi connectivity index (χ4n) is 2.81. The lowest BCUT2D eigenvalue weighted by Crippen LogP contribution is -2.15. The molecule has 1 fully saturated rings. The molecule has 1 aliphatic carbocycles. The van der Waals surface area contributed by atoms with Crippen molar-refractivity contribution in [3.63, 3.8) is 0 Å². The summed E-state index contributed by atoms with van der Waals surface area (Å²) >= 11 is 0. The molecule has 1 amide bonds. The fraction of sp³-hybridized carbons (Fsp3) is 0.562. The maximum atomic E-state index is 13.7. The molecule has 0 bridgehead atoms. The lowest BCUT2D eigenvalue weighted by atomic mass is 9.86. The molecular formula is C16H23FN2O. The van der Waals surface area contributed by atoms with Gasteiger partial charge in [0.15, 0.2) is 0 Å². The van der Waals surface area contributed by atoms with Gasteiger partial charge in [-0.25, -0.2) is 4.39 Å². The van der Waals surface area contributed by atoms with E-state index in [4.69, 9.17) is 5.73 Å². The lowest BCUT2D eigenvalue weighted by Gasteiger charge is -2.21. The highest BCUT2D eigenvalue weighted by Gasteiger charge is 2.15. The average Bonchev–Trinajstić information content (AvgIpc) is 2.48. The number of amides is 1. The van der Waals surface area contributed by atoms with Gasteiger partial charge in [-0.2, -0.15) is 0 Å². The first-order valence-corrected chi connectivity index (χ1v) is 7.47. The van der Waals surface area contributed by atoms with Crippen molar-refractivity contribution < 1.29 is 9.18 Å². The van der Waals surface area contributed by atoms with Gasteiger partial charge in [-0.3, -0.25) is 4.79 Å². The summed E-state index contributed by atoms with van der Waals surface area (Å²) in [5, 5.41) is 2.65. The molecule has 2 rings (SSSR count). The number of nitrogens with one attached hydrogen (secondary N) is 1. The van der Waals surface area contributed by atoms with Crippen molar-refractivity contribution in [2.45, 2.75) is 51.5 Å². The van der Waals surface area contributed by atoms with Gasteiger partial charge < -0.3 is 11.1 Å². The number of anilines is 1. The number of nitrogens with two attached hydrogens (primary N) is 1. The molecule has 1 aromatic carbocycles. The van der Waals surface area contributed by atoms with E-state index >= 15 is 0 Å². The molecule has 3 nitrogen and oxygen atoms in total. The first-order chi connectivity index (χ1) is 9.69. The summed E-state index contributed by atoms with van der Waals surface area (Å²) in [7, 11) is 0. The third kappa shape index (κ3) is 4.30. The lowest BCUT2D eigenvalue weighted by molar-refractivity contribution is -0.116. The van der Waals surface area contributed by atoms with E-state index in [-0.39, 0.29) is 11.6 Å². The van der Waals surface area contributed by atoms with Crippen molar-refractivity contribution in [2.24, 2.45) is 11.7 Å². The topological polar surface area (TPSA) is 55.1 Å². The molecule has 1 saturated carbocycles. The summed E-state index contributed by atoms with van der Waals surface area (Å²) in [6.45, 7) is 0.298. The number of carbonyl (C=O) groups excluding carboxylic acids is 1. The zero-order valence-electron chi connectivity index (χ0n) is 11.8. The average molecular weight is 278 g/mol. The highest BCUT2D eigenvalue weighted by molar-refractivity contribution is 5.90. The zero-order chi connectivity index (χ0) is 14.4. The summed E-state index contributed by atoms with van der Waals surface area (Å²) < 4.78 is 13.7. The highest BCUT2D eigenvalue weighted by atomic mass is 19.1. The summed E-state index contributed by atoms with van der Waals surface area (Å²) in [6, 6.07) is 4.69. The minimum absolute atomic E-state index is 0.102. The van der Waals surface area contributed by atoms with Gasteiger partial charge in [0.2, 0.25) is 5.91 Å². The molecule has 0 aromatic heterocycles. The van der Waals surface area contributed by atoms with Gasteiger partial charge in [0.1, 0.15) is 5.82 Å². The van der Waals surface area contributed by atoms with Crippen LogP contribution in [0.3, 0.4) is 0 Å². The van der Waals surface area contributed by atoms with Crippen molar-refractivity contribution in [3.8, 4) is 0 Å². The number of benzene rings is 1. The largest absolute Gasteiger partial charge is 0.326 e. The molecule has 0 spiro atoms. The van der Waals surface area contributed by atoms with Crippen molar-refractivity contribution in [1.29, 1.82) is 0 Å². The Balaban J connectivity index is 1.81. The number of rotatable bonds is 5. The van der Waals surface area contributed by atoms with Crippen LogP contribution in [0, 0.1) is 11.7 Å². The summed E-state index contributed by atoms with van der Waals surface area (Å²) in [6.07, 6.45) is 7.72. The Bertz CT molecular complexity index is 456. The minimum Gasteiger partial charge on any atom is -0.326 e. The molecule has 0 radical (unpaired) electrons. The van der Waals surface area contributed by atoms with Crippen LogP contribution in [0.5, 0.6) is 0 Å².